The van der Waals surface area contributed by atoms with Crippen LogP contribution >= 0.6 is 0 Å². The van der Waals surface area contributed by atoms with Gasteiger partial charge in [0, 0.05) is 19.6 Å². The highest BCUT2D eigenvalue weighted by molar-refractivity contribution is 7.88. The first-order valence-electron chi connectivity index (χ1n) is 8.99. The number of rotatable bonds is 7. The molecule has 0 aromatic rings. The lowest BCUT2D eigenvalue weighted by atomic mass is 9.93. The maximum Gasteiger partial charge on any atom is 0.325 e. The van der Waals surface area contributed by atoms with Crippen molar-refractivity contribution in [1.82, 2.24) is 19.8 Å². The molecule has 0 spiro atoms. The molecular formula is C16H28N4O5S. The summed E-state index contributed by atoms with van der Waals surface area (Å²) in [5, 5.41) is 5.45. The quantitative estimate of drug-likeness (QED) is 0.590. The van der Waals surface area contributed by atoms with E-state index in [9.17, 15) is 22.8 Å². The van der Waals surface area contributed by atoms with Gasteiger partial charge in [0.15, 0.2) is 0 Å². The van der Waals surface area contributed by atoms with Crippen molar-refractivity contribution in [2.24, 2.45) is 5.92 Å². The number of urea groups is 1. The van der Waals surface area contributed by atoms with Gasteiger partial charge in [0.05, 0.1) is 6.26 Å². The van der Waals surface area contributed by atoms with Crippen LogP contribution in [0.25, 0.3) is 0 Å². The Morgan fingerprint density at radius 3 is 2.27 bits per heavy atom. The molecule has 0 atom stereocenters. The Hall–Kier alpha value is -1.68. The first-order chi connectivity index (χ1) is 12.1. The number of carbonyl (C=O) groups excluding carboxylic acids is 3. The molecule has 0 saturated carbocycles. The van der Waals surface area contributed by atoms with E-state index in [2.05, 4.69) is 10.6 Å². The van der Waals surface area contributed by atoms with Crippen molar-refractivity contribution in [3.8, 4) is 0 Å². The second-order valence-electron chi connectivity index (χ2n) is 7.02. The van der Waals surface area contributed by atoms with Gasteiger partial charge >= 0.3 is 6.03 Å². The summed E-state index contributed by atoms with van der Waals surface area (Å²) < 4.78 is 24.4. The second kappa shape index (κ2) is 7.91. The Bertz CT molecular complexity index is 666. The van der Waals surface area contributed by atoms with E-state index in [4.69, 9.17) is 0 Å². The Morgan fingerprint density at radius 1 is 1.23 bits per heavy atom. The molecule has 4 amide bonds. The Kier molecular flexibility index (Phi) is 6.28. The summed E-state index contributed by atoms with van der Waals surface area (Å²) >= 11 is 0. The molecule has 0 radical (unpaired) electrons. The molecule has 2 heterocycles. The molecule has 2 fully saturated rings. The van der Waals surface area contributed by atoms with Gasteiger partial charge in [0.1, 0.15) is 12.1 Å². The number of imide groups is 1. The number of hydrogen-bond acceptors (Lipinski definition) is 5. The minimum Gasteiger partial charge on any atom is -0.354 e. The predicted molar refractivity (Wildman–Crippen MR) is 95.7 cm³/mol. The van der Waals surface area contributed by atoms with Gasteiger partial charge in [0.25, 0.3) is 5.91 Å². The normalized spacial score (nSPS) is 21.7. The smallest absolute Gasteiger partial charge is 0.325 e. The lowest BCUT2D eigenvalue weighted by Crippen LogP contribution is -2.47. The van der Waals surface area contributed by atoms with Crippen LogP contribution in [0.4, 0.5) is 4.79 Å². The number of piperidine rings is 1. The molecule has 0 unspecified atom stereocenters. The maximum absolute atomic E-state index is 12.5. The third-order valence-electron chi connectivity index (χ3n) is 5.39. The standard InChI is InChI=1S/C16H28N4O5S/c1-4-16(5-2)14(22)20(15(23)18-16)11-13(21)17-10-12-6-8-19(9-7-12)26(3,24)25/h12H,4-11H2,1-3H3,(H,17,21)(H,18,23). The van der Waals surface area contributed by atoms with Crippen LogP contribution in [-0.2, 0) is 19.6 Å². The molecule has 0 aromatic carbocycles. The average molecular weight is 388 g/mol. The zero-order valence-corrected chi connectivity index (χ0v) is 16.4. The van der Waals surface area contributed by atoms with E-state index in [1.54, 1.807) is 0 Å². The molecule has 0 bridgehead atoms. The molecule has 2 N–H and O–H groups in total. The van der Waals surface area contributed by atoms with Crippen molar-refractivity contribution < 1.29 is 22.8 Å². The van der Waals surface area contributed by atoms with Crippen molar-refractivity contribution >= 4 is 27.9 Å². The van der Waals surface area contributed by atoms with Crippen molar-refractivity contribution in [1.29, 1.82) is 0 Å². The minimum atomic E-state index is -3.17. The molecule has 0 aliphatic carbocycles. The predicted octanol–water partition coefficient (Wildman–Crippen LogP) is -0.115. The summed E-state index contributed by atoms with van der Waals surface area (Å²) in [6.45, 7) is 4.66. The summed E-state index contributed by atoms with van der Waals surface area (Å²) in [7, 11) is -3.17. The molecular weight excluding hydrogens is 360 g/mol. The Morgan fingerprint density at radius 2 is 1.81 bits per heavy atom. The fraction of sp³-hybridized carbons (Fsp3) is 0.812. The number of hydrogen-bond donors (Lipinski definition) is 2. The van der Waals surface area contributed by atoms with Crippen LogP contribution < -0.4 is 10.6 Å². The fourth-order valence-corrected chi connectivity index (χ4v) is 4.33. The molecule has 2 rings (SSSR count). The SMILES string of the molecule is CCC1(CC)NC(=O)N(CC(=O)NCC2CCN(S(C)(=O)=O)CC2)C1=O. The van der Waals surface area contributed by atoms with Gasteiger partial charge in [-0.05, 0) is 31.6 Å². The third-order valence-corrected chi connectivity index (χ3v) is 6.69. The number of nitrogens with zero attached hydrogens (tertiary/aromatic N) is 2. The molecule has 10 heteroatoms. The minimum absolute atomic E-state index is 0.186. The molecule has 9 nitrogen and oxygen atoms in total. The van der Waals surface area contributed by atoms with Gasteiger partial charge in [0.2, 0.25) is 15.9 Å². The summed E-state index contributed by atoms with van der Waals surface area (Å²) in [5.74, 6) is -0.559. The number of amides is 4. The van der Waals surface area contributed by atoms with Gasteiger partial charge in [-0.3, -0.25) is 14.5 Å². The van der Waals surface area contributed by atoms with Gasteiger partial charge in [-0.15, -0.1) is 0 Å². The van der Waals surface area contributed by atoms with Crippen LogP contribution in [0.3, 0.4) is 0 Å². The molecule has 26 heavy (non-hydrogen) atoms. The summed E-state index contributed by atoms with van der Waals surface area (Å²) in [5.41, 5.74) is -0.907. The molecule has 0 aromatic heterocycles. The zero-order valence-electron chi connectivity index (χ0n) is 15.6. The average Bonchev–Trinajstić information content (AvgIpc) is 2.84. The van der Waals surface area contributed by atoms with Crippen molar-refractivity contribution in [3.05, 3.63) is 0 Å². The Balaban J connectivity index is 1.81. The highest BCUT2D eigenvalue weighted by atomic mass is 32.2. The van der Waals surface area contributed by atoms with E-state index in [-0.39, 0.29) is 24.3 Å². The van der Waals surface area contributed by atoms with E-state index in [1.807, 2.05) is 13.8 Å². The van der Waals surface area contributed by atoms with E-state index in [0.717, 1.165) is 4.90 Å². The van der Waals surface area contributed by atoms with Crippen LogP contribution in [-0.4, -0.2) is 73.4 Å². The molecule has 148 valence electrons. The van der Waals surface area contributed by atoms with E-state index in [1.165, 1.54) is 10.6 Å². The summed E-state index contributed by atoms with van der Waals surface area (Å²) in [6, 6.07) is -0.532. The van der Waals surface area contributed by atoms with Crippen LogP contribution in [0, 0.1) is 5.92 Å². The highest BCUT2D eigenvalue weighted by Crippen LogP contribution is 2.24. The number of nitrogens with one attached hydrogen (secondary N) is 2. The van der Waals surface area contributed by atoms with Gasteiger partial charge < -0.3 is 10.6 Å². The summed E-state index contributed by atoms with van der Waals surface area (Å²) in [6.07, 6.45) is 3.49. The molecule has 2 aliphatic rings. The van der Waals surface area contributed by atoms with Crippen LogP contribution in [0.5, 0.6) is 0 Å². The van der Waals surface area contributed by atoms with Crippen molar-refractivity contribution in [2.45, 2.75) is 45.1 Å². The fourth-order valence-electron chi connectivity index (χ4n) is 3.45. The lowest BCUT2D eigenvalue weighted by Gasteiger charge is -2.30. The summed E-state index contributed by atoms with van der Waals surface area (Å²) in [4.78, 5) is 37.6. The van der Waals surface area contributed by atoms with Crippen molar-refractivity contribution in [2.75, 3.05) is 32.4 Å². The first-order valence-corrected chi connectivity index (χ1v) is 10.8. The third kappa shape index (κ3) is 4.35. The molecule has 2 saturated heterocycles. The monoisotopic (exact) mass is 388 g/mol. The number of carbonyl (C=O) groups is 3. The Labute approximate surface area is 154 Å². The zero-order chi connectivity index (χ0) is 19.5. The van der Waals surface area contributed by atoms with Gasteiger partial charge in [-0.1, -0.05) is 13.8 Å². The lowest BCUT2D eigenvalue weighted by molar-refractivity contribution is -0.135. The van der Waals surface area contributed by atoms with Gasteiger partial charge in [-0.2, -0.15) is 0 Å². The van der Waals surface area contributed by atoms with Crippen LogP contribution in [0.15, 0.2) is 0 Å². The van der Waals surface area contributed by atoms with E-state index < -0.39 is 21.6 Å². The van der Waals surface area contributed by atoms with E-state index in [0.29, 0.717) is 45.3 Å². The topological polar surface area (TPSA) is 116 Å². The van der Waals surface area contributed by atoms with Crippen LogP contribution in [0.1, 0.15) is 39.5 Å². The van der Waals surface area contributed by atoms with E-state index >= 15 is 0 Å². The highest BCUT2D eigenvalue weighted by Gasteiger charge is 2.49. The first kappa shape index (κ1) is 20.6. The largest absolute Gasteiger partial charge is 0.354 e. The van der Waals surface area contributed by atoms with Gasteiger partial charge in [-0.25, -0.2) is 17.5 Å². The van der Waals surface area contributed by atoms with Crippen LogP contribution in [0.2, 0.25) is 0 Å². The second-order valence-corrected chi connectivity index (χ2v) is 9.00. The maximum atomic E-state index is 12.5. The molecule has 2 aliphatic heterocycles. The van der Waals surface area contributed by atoms with Crippen molar-refractivity contribution in [3.63, 3.8) is 0 Å². The number of sulfonamides is 1.